The van der Waals surface area contributed by atoms with Gasteiger partial charge in [-0.15, -0.1) is 0 Å². The molecule has 2 saturated heterocycles. The predicted molar refractivity (Wildman–Crippen MR) is 89.5 cm³/mol. The first-order valence-corrected chi connectivity index (χ1v) is 10.0. The first-order chi connectivity index (χ1) is 10.5. The fourth-order valence-electron chi connectivity index (χ4n) is 3.81. The van der Waals surface area contributed by atoms with Gasteiger partial charge in [0, 0.05) is 31.7 Å². The lowest BCUT2D eigenvalue weighted by atomic mass is 9.95. The van der Waals surface area contributed by atoms with E-state index in [1.54, 1.807) is 0 Å². The quantitative estimate of drug-likeness (QED) is 0.916. The Morgan fingerprint density at radius 3 is 2.64 bits per heavy atom. The second-order valence-corrected chi connectivity index (χ2v) is 9.21. The molecule has 0 bridgehead atoms. The van der Waals surface area contributed by atoms with E-state index in [2.05, 4.69) is 41.4 Å². The van der Waals surface area contributed by atoms with Gasteiger partial charge in [-0.05, 0) is 24.3 Å². The van der Waals surface area contributed by atoms with Gasteiger partial charge < -0.3 is 5.32 Å². The van der Waals surface area contributed by atoms with Gasteiger partial charge in [0.2, 0.25) is 0 Å². The number of piperidine rings is 1. The highest BCUT2D eigenvalue weighted by molar-refractivity contribution is 7.91. The Bertz CT molecular complexity index is 588. The van der Waals surface area contributed by atoms with Crippen LogP contribution >= 0.6 is 0 Å². The highest BCUT2D eigenvalue weighted by Gasteiger charge is 2.32. The van der Waals surface area contributed by atoms with Gasteiger partial charge in [-0.3, -0.25) is 4.90 Å². The zero-order chi connectivity index (χ0) is 15.6. The minimum Gasteiger partial charge on any atom is -0.309 e. The maximum absolute atomic E-state index is 11.6. The second kappa shape index (κ2) is 6.69. The molecule has 0 radical (unpaired) electrons. The van der Waals surface area contributed by atoms with Crippen molar-refractivity contribution in [3.8, 4) is 0 Å². The molecule has 0 aromatic heterocycles. The van der Waals surface area contributed by atoms with E-state index in [4.69, 9.17) is 0 Å². The van der Waals surface area contributed by atoms with Crippen molar-refractivity contribution in [2.75, 3.05) is 24.6 Å². The molecule has 22 heavy (non-hydrogen) atoms. The van der Waals surface area contributed by atoms with Crippen LogP contribution in [0.1, 0.15) is 25.3 Å². The molecule has 0 unspecified atom stereocenters. The summed E-state index contributed by atoms with van der Waals surface area (Å²) in [6.07, 6.45) is 1.91. The molecule has 0 aliphatic carbocycles. The number of hydrogen-bond donors (Lipinski definition) is 1. The number of benzene rings is 1. The lowest BCUT2D eigenvalue weighted by Crippen LogP contribution is -2.51. The Kier molecular flexibility index (Phi) is 4.85. The molecule has 4 nitrogen and oxygen atoms in total. The van der Waals surface area contributed by atoms with Gasteiger partial charge in [0.25, 0.3) is 0 Å². The number of sulfone groups is 1. The topological polar surface area (TPSA) is 49.4 Å². The lowest BCUT2D eigenvalue weighted by molar-refractivity contribution is 0.137. The molecule has 0 spiro atoms. The Hall–Kier alpha value is -0.910. The Balaban J connectivity index is 1.57. The van der Waals surface area contributed by atoms with E-state index in [0.717, 1.165) is 32.5 Å². The van der Waals surface area contributed by atoms with Crippen molar-refractivity contribution in [1.29, 1.82) is 0 Å². The zero-order valence-corrected chi connectivity index (χ0v) is 14.1. The van der Waals surface area contributed by atoms with Crippen LogP contribution in [0.4, 0.5) is 0 Å². The average Bonchev–Trinajstić information content (AvgIpc) is 2.78. The van der Waals surface area contributed by atoms with Crippen LogP contribution in [0.5, 0.6) is 0 Å². The summed E-state index contributed by atoms with van der Waals surface area (Å²) in [5.41, 5.74) is 1.35. The largest absolute Gasteiger partial charge is 0.309 e. The van der Waals surface area contributed by atoms with Gasteiger partial charge in [-0.25, -0.2) is 8.42 Å². The number of likely N-dealkylation sites (tertiary alicyclic amines) is 1. The maximum Gasteiger partial charge on any atom is 0.151 e. The lowest BCUT2D eigenvalue weighted by Gasteiger charge is -2.38. The third-order valence-electron chi connectivity index (χ3n) is 4.69. The van der Waals surface area contributed by atoms with Crippen molar-refractivity contribution in [2.24, 2.45) is 5.92 Å². The molecular formula is C17H26N2O2S. The summed E-state index contributed by atoms with van der Waals surface area (Å²) in [5.74, 6) is 1.31. The zero-order valence-electron chi connectivity index (χ0n) is 13.2. The van der Waals surface area contributed by atoms with Crippen molar-refractivity contribution in [3.63, 3.8) is 0 Å². The number of rotatable bonds is 4. The van der Waals surface area contributed by atoms with E-state index in [0.29, 0.717) is 23.5 Å². The van der Waals surface area contributed by atoms with Crippen LogP contribution in [0, 0.1) is 5.92 Å². The van der Waals surface area contributed by atoms with Crippen LogP contribution in [-0.4, -0.2) is 50.0 Å². The second-order valence-electron chi connectivity index (χ2n) is 6.98. The van der Waals surface area contributed by atoms with Gasteiger partial charge in [0.15, 0.2) is 9.84 Å². The summed E-state index contributed by atoms with van der Waals surface area (Å²) >= 11 is 0. The van der Waals surface area contributed by atoms with Gasteiger partial charge in [-0.1, -0.05) is 37.3 Å². The number of hydrogen-bond acceptors (Lipinski definition) is 4. The van der Waals surface area contributed by atoms with Gasteiger partial charge in [-0.2, -0.15) is 0 Å². The maximum atomic E-state index is 11.6. The Morgan fingerprint density at radius 2 is 1.95 bits per heavy atom. The normalized spacial score (nSPS) is 32.1. The molecule has 122 valence electrons. The molecule has 3 atom stereocenters. The van der Waals surface area contributed by atoms with Gasteiger partial charge in [0.1, 0.15) is 0 Å². The highest BCUT2D eigenvalue weighted by Crippen LogP contribution is 2.21. The van der Waals surface area contributed by atoms with Crippen molar-refractivity contribution in [1.82, 2.24) is 10.2 Å². The molecule has 2 fully saturated rings. The molecule has 2 heterocycles. The van der Waals surface area contributed by atoms with Crippen LogP contribution in [0.3, 0.4) is 0 Å². The SMILES string of the molecule is C[C@@H]1C[C@H](N[C@@H]2CCS(=O)(=O)C2)CN(Cc2ccccc2)C1. The number of nitrogens with zero attached hydrogens (tertiary/aromatic N) is 1. The predicted octanol–water partition coefficient (Wildman–Crippen LogP) is 1.67. The van der Waals surface area contributed by atoms with E-state index in [-0.39, 0.29) is 6.04 Å². The summed E-state index contributed by atoms with van der Waals surface area (Å²) in [6.45, 7) is 5.40. The molecule has 1 aromatic carbocycles. The Labute approximate surface area is 133 Å². The van der Waals surface area contributed by atoms with Crippen molar-refractivity contribution >= 4 is 9.84 Å². The third-order valence-corrected chi connectivity index (χ3v) is 6.46. The fourth-order valence-corrected chi connectivity index (χ4v) is 5.50. The first kappa shape index (κ1) is 16.0. The molecule has 2 aliphatic heterocycles. The van der Waals surface area contributed by atoms with Crippen LogP contribution in [-0.2, 0) is 16.4 Å². The van der Waals surface area contributed by atoms with Crippen LogP contribution in [0.15, 0.2) is 30.3 Å². The van der Waals surface area contributed by atoms with Gasteiger partial charge >= 0.3 is 0 Å². The highest BCUT2D eigenvalue weighted by atomic mass is 32.2. The molecule has 1 N–H and O–H groups in total. The molecule has 2 aliphatic rings. The molecule has 5 heteroatoms. The molecule has 0 amide bonds. The van der Waals surface area contributed by atoms with Crippen LogP contribution in [0.2, 0.25) is 0 Å². The molecule has 0 saturated carbocycles. The van der Waals surface area contributed by atoms with E-state index < -0.39 is 9.84 Å². The summed E-state index contributed by atoms with van der Waals surface area (Å²) < 4.78 is 23.2. The first-order valence-electron chi connectivity index (χ1n) is 8.23. The summed E-state index contributed by atoms with van der Waals surface area (Å²) in [7, 11) is -2.80. The molecule has 3 rings (SSSR count). The number of nitrogens with one attached hydrogen (secondary N) is 1. The van der Waals surface area contributed by atoms with Crippen molar-refractivity contribution in [2.45, 2.75) is 38.4 Å². The van der Waals surface area contributed by atoms with Crippen LogP contribution < -0.4 is 5.32 Å². The standard InChI is InChI=1S/C17H26N2O2S/c1-14-9-17(18-16-7-8-22(20,21)13-16)12-19(10-14)11-15-5-3-2-4-6-15/h2-6,14,16-18H,7-13H2,1H3/t14-,16-,17+/m1/s1. The van der Waals surface area contributed by atoms with E-state index in [1.165, 1.54) is 5.56 Å². The molecular weight excluding hydrogens is 296 g/mol. The fraction of sp³-hybridized carbons (Fsp3) is 0.647. The van der Waals surface area contributed by atoms with Crippen LogP contribution in [0.25, 0.3) is 0 Å². The van der Waals surface area contributed by atoms with E-state index in [1.807, 2.05) is 6.07 Å². The summed E-state index contributed by atoms with van der Waals surface area (Å²) in [5, 5.41) is 3.60. The molecule has 1 aromatic rings. The third kappa shape index (κ3) is 4.31. The van der Waals surface area contributed by atoms with Crippen molar-refractivity contribution in [3.05, 3.63) is 35.9 Å². The minimum atomic E-state index is -2.80. The van der Waals surface area contributed by atoms with E-state index in [9.17, 15) is 8.42 Å². The summed E-state index contributed by atoms with van der Waals surface area (Å²) in [6, 6.07) is 11.1. The van der Waals surface area contributed by atoms with Crippen molar-refractivity contribution < 1.29 is 8.42 Å². The summed E-state index contributed by atoms with van der Waals surface area (Å²) in [4.78, 5) is 2.49. The smallest absolute Gasteiger partial charge is 0.151 e. The Morgan fingerprint density at radius 1 is 1.18 bits per heavy atom. The minimum absolute atomic E-state index is 0.152. The van der Waals surface area contributed by atoms with E-state index >= 15 is 0 Å². The monoisotopic (exact) mass is 322 g/mol. The van der Waals surface area contributed by atoms with Gasteiger partial charge in [0.05, 0.1) is 11.5 Å². The average molecular weight is 322 g/mol.